The van der Waals surface area contributed by atoms with E-state index in [0.29, 0.717) is 11.4 Å². The summed E-state index contributed by atoms with van der Waals surface area (Å²) in [6, 6.07) is 11.2. The zero-order chi connectivity index (χ0) is 18.9. The molecular weight excluding hydrogens is 363 g/mol. The highest BCUT2D eigenvalue weighted by molar-refractivity contribution is 7.99. The molecule has 0 aromatic heterocycles. The summed E-state index contributed by atoms with van der Waals surface area (Å²) in [6.45, 7) is -0.451. The number of ether oxygens (including phenoxy) is 1. The maximum atomic E-state index is 12.8. The smallest absolute Gasteiger partial charge is 0.316 e. The van der Waals surface area contributed by atoms with Gasteiger partial charge in [-0.1, -0.05) is 12.1 Å². The lowest BCUT2D eigenvalue weighted by atomic mass is 10.2. The van der Waals surface area contributed by atoms with Crippen LogP contribution in [-0.2, 0) is 20.1 Å². The summed E-state index contributed by atoms with van der Waals surface area (Å²) < 4.78 is 17.6. The van der Waals surface area contributed by atoms with Crippen molar-refractivity contribution >= 4 is 35.0 Å². The molecule has 0 atom stereocenters. The number of nitrogens with zero attached hydrogens (tertiary/aromatic N) is 1. The highest BCUT2D eigenvalue weighted by atomic mass is 32.2. The summed E-state index contributed by atoms with van der Waals surface area (Å²) in [5, 5.41) is 13.0. The number of anilines is 1. The summed E-state index contributed by atoms with van der Waals surface area (Å²) in [5.74, 6) is -0.837. The molecule has 2 aromatic carbocycles. The Hall–Kier alpha value is -2.94. The molecule has 2 rings (SSSR count). The molecule has 0 spiro atoms. The minimum absolute atomic E-state index is 0.0577. The minimum atomic E-state index is -0.546. The Bertz CT molecular complexity index is 781. The van der Waals surface area contributed by atoms with Gasteiger partial charge in [0.05, 0.1) is 10.7 Å². The van der Waals surface area contributed by atoms with E-state index < -0.39 is 23.4 Å². The molecule has 26 heavy (non-hydrogen) atoms. The second-order valence-electron chi connectivity index (χ2n) is 5.13. The third-order valence-corrected chi connectivity index (χ3v) is 4.11. The standard InChI is InChI=1S/C17H15FN2O5S/c18-13-3-1-12(2-4-13)10-26-11-17(22)25-9-16(21)19-14-5-7-15(8-6-14)20(23)24/h1-8H,9-11H2,(H,19,21). The van der Waals surface area contributed by atoms with Gasteiger partial charge in [-0.15, -0.1) is 11.8 Å². The second-order valence-corrected chi connectivity index (χ2v) is 6.12. The van der Waals surface area contributed by atoms with Gasteiger partial charge in [-0.3, -0.25) is 19.7 Å². The van der Waals surface area contributed by atoms with Crippen molar-refractivity contribution in [3.05, 3.63) is 70.0 Å². The average molecular weight is 378 g/mol. The van der Waals surface area contributed by atoms with E-state index in [0.717, 1.165) is 5.56 Å². The molecule has 0 saturated heterocycles. The molecule has 0 bridgehead atoms. The molecule has 0 saturated carbocycles. The molecule has 0 radical (unpaired) electrons. The number of non-ortho nitro benzene ring substituents is 1. The number of nitro benzene ring substituents is 1. The Labute approximate surface area is 152 Å². The van der Waals surface area contributed by atoms with E-state index in [1.54, 1.807) is 12.1 Å². The topological polar surface area (TPSA) is 98.5 Å². The van der Waals surface area contributed by atoms with Gasteiger partial charge in [0.15, 0.2) is 6.61 Å². The van der Waals surface area contributed by atoms with Crippen LogP contribution in [0.1, 0.15) is 5.56 Å². The Morgan fingerprint density at radius 2 is 1.77 bits per heavy atom. The lowest BCUT2D eigenvalue weighted by molar-refractivity contribution is -0.384. The van der Waals surface area contributed by atoms with Crippen molar-refractivity contribution in [3.8, 4) is 0 Å². The number of thioether (sulfide) groups is 1. The molecule has 0 fully saturated rings. The normalized spacial score (nSPS) is 10.2. The number of rotatable bonds is 8. The number of carbonyl (C=O) groups excluding carboxylic acids is 2. The van der Waals surface area contributed by atoms with Crippen LogP contribution >= 0.6 is 11.8 Å². The van der Waals surface area contributed by atoms with Crippen molar-refractivity contribution in [2.45, 2.75) is 5.75 Å². The van der Waals surface area contributed by atoms with Crippen molar-refractivity contribution in [3.63, 3.8) is 0 Å². The molecular formula is C17H15FN2O5S. The quantitative estimate of drug-likeness (QED) is 0.430. The first-order valence-corrected chi connectivity index (χ1v) is 8.61. The monoisotopic (exact) mass is 378 g/mol. The Balaban J connectivity index is 1.67. The van der Waals surface area contributed by atoms with Crippen LogP contribution in [0.25, 0.3) is 0 Å². The Morgan fingerprint density at radius 3 is 2.38 bits per heavy atom. The van der Waals surface area contributed by atoms with Crippen LogP contribution in [0.15, 0.2) is 48.5 Å². The predicted molar refractivity (Wildman–Crippen MR) is 95.2 cm³/mol. The molecule has 0 heterocycles. The molecule has 0 aliphatic rings. The summed E-state index contributed by atoms with van der Waals surface area (Å²) in [4.78, 5) is 33.3. The number of carbonyl (C=O) groups is 2. The summed E-state index contributed by atoms with van der Waals surface area (Å²) >= 11 is 1.29. The fourth-order valence-electron chi connectivity index (χ4n) is 1.88. The summed E-state index contributed by atoms with van der Waals surface area (Å²) in [7, 11) is 0. The fraction of sp³-hybridized carbons (Fsp3) is 0.176. The van der Waals surface area contributed by atoms with E-state index in [2.05, 4.69) is 5.32 Å². The zero-order valence-electron chi connectivity index (χ0n) is 13.5. The van der Waals surface area contributed by atoms with Crippen LogP contribution in [0.3, 0.4) is 0 Å². The maximum Gasteiger partial charge on any atom is 0.316 e. The first kappa shape index (κ1) is 19.4. The van der Waals surface area contributed by atoms with E-state index >= 15 is 0 Å². The first-order valence-electron chi connectivity index (χ1n) is 7.46. The van der Waals surface area contributed by atoms with Crippen LogP contribution in [0.2, 0.25) is 0 Å². The molecule has 1 N–H and O–H groups in total. The number of hydrogen-bond donors (Lipinski definition) is 1. The highest BCUT2D eigenvalue weighted by Crippen LogP contribution is 2.15. The molecule has 1 amide bonds. The maximum absolute atomic E-state index is 12.8. The summed E-state index contributed by atoms with van der Waals surface area (Å²) in [5.41, 5.74) is 1.15. The van der Waals surface area contributed by atoms with E-state index in [4.69, 9.17) is 4.74 Å². The van der Waals surface area contributed by atoms with Gasteiger partial charge in [0.1, 0.15) is 5.82 Å². The van der Waals surface area contributed by atoms with Gasteiger partial charge in [0, 0.05) is 23.6 Å². The van der Waals surface area contributed by atoms with Gasteiger partial charge >= 0.3 is 5.97 Å². The van der Waals surface area contributed by atoms with Gasteiger partial charge in [-0.2, -0.15) is 0 Å². The molecule has 2 aromatic rings. The fourth-order valence-corrected chi connectivity index (χ4v) is 2.66. The van der Waals surface area contributed by atoms with Crippen molar-refractivity contribution in [2.75, 3.05) is 17.7 Å². The lowest BCUT2D eigenvalue weighted by Gasteiger charge is -2.06. The van der Waals surface area contributed by atoms with E-state index in [1.165, 1.54) is 48.2 Å². The zero-order valence-corrected chi connectivity index (χ0v) is 14.3. The van der Waals surface area contributed by atoms with Crippen LogP contribution < -0.4 is 5.32 Å². The van der Waals surface area contributed by atoms with Crippen molar-refractivity contribution in [1.29, 1.82) is 0 Å². The lowest BCUT2D eigenvalue weighted by Crippen LogP contribution is -2.21. The number of benzene rings is 2. The number of nitro groups is 1. The molecule has 7 nitrogen and oxygen atoms in total. The molecule has 0 aliphatic heterocycles. The van der Waals surface area contributed by atoms with Crippen LogP contribution in [0.4, 0.5) is 15.8 Å². The van der Waals surface area contributed by atoms with Crippen LogP contribution in [0.5, 0.6) is 0 Å². The number of esters is 1. The van der Waals surface area contributed by atoms with Gasteiger partial charge in [-0.25, -0.2) is 4.39 Å². The van der Waals surface area contributed by atoms with Crippen molar-refractivity contribution < 1.29 is 23.6 Å². The second kappa shape index (κ2) is 9.52. The molecule has 0 unspecified atom stereocenters. The third-order valence-electron chi connectivity index (χ3n) is 3.13. The molecule has 0 aliphatic carbocycles. The van der Waals surface area contributed by atoms with Crippen LogP contribution in [-0.4, -0.2) is 29.2 Å². The largest absolute Gasteiger partial charge is 0.455 e. The SMILES string of the molecule is O=C(COC(=O)CSCc1ccc(F)cc1)Nc1ccc([N+](=O)[O-])cc1. The van der Waals surface area contributed by atoms with Crippen molar-refractivity contribution in [2.24, 2.45) is 0 Å². The van der Waals surface area contributed by atoms with Gasteiger partial charge in [0.25, 0.3) is 11.6 Å². The Morgan fingerprint density at radius 1 is 1.12 bits per heavy atom. The van der Waals surface area contributed by atoms with Gasteiger partial charge < -0.3 is 10.1 Å². The number of hydrogen-bond acceptors (Lipinski definition) is 6. The van der Waals surface area contributed by atoms with E-state index in [1.807, 2.05) is 0 Å². The van der Waals surface area contributed by atoms with Gasteiger partial charge in [0.2, 0.25) is 0 Å². The Kier molecular flexibility index (Phi) is 7.10. The van der Waals surface area contributed by atoms with Gasteiger partial charge in [-0.05, 0) is 29.8 Å². The first-order chi connectivity index (χ1) is 12.4. The number of amides is 1. The third kappa shape index (κ3) is 6.52. The number of halogens is 1. The van der Waals surface area contributed by atoms with Crippen molar-refractivity contribution in [1.82, 2.24) is 0 Å². The predicted octanol–water partition coefficient (Wildman–Crippen LogP) is 3.15. The highest BCUT2D eigenvalue weighted by Gasteiger charge is 2.10. The van der Waals surface area contributed by atoms with Crippen LogP contribution in [0, 0.1) is 15.9 Å². The molecule has 136 valence electrons. The van der Waals surface area contributed by atoms with E-state index in [9.17, 15) is 24.1 Å². The molecule has 9 heteroatoms. The average Bonchev–Trinajstić information content (AvgIpc) is 2.62. The van der Waals surface area contributed by atoms with E-state index in [-0.39, 0.29) is 17.3 Å². The minimum Gasteiger partial charge on any atom is -0.455 e. The summed E-state index contributed by atoms with van der Waals surface area (Å²) in [6.07, 6.45) is 0. The number of nitrogens with one attached hydrogen (secondary N) is 1.